The number of amides is 1. The van der Waals surface area contributed by atoms with Crippen LogP contribution in [0, 0.1) is 0 Å². The van der Waals surface area contributed by atoms with E-state index in [9.17, 15) is 13.8 Å². The molecule has 1 fully saturated rings. The Morgan fingerprint density at radius 3 is 2.16 bits per heavy atom. The van der Waals surface area contributed by atoms with Gasteiger partial charge in [0.25, 0.3) is 0 Å². The Kier molecular flexibility index (Phi) is 6.48. The van der Waals surface area contributed by atoms with E-state index in [1.54, 1.807) is 18.7 Å². The summed E-state index contributed by atoms with van der Waals surface area (Å²) >= 11 is 0. The van der Waals surface area contributed by atoms with Gasteiger partial charge < -0.3 is 10.0 Å². The van der Waals surface area contributed by atoms with Gasteiger partial charge in [0.2, 0.25) is 5.91 Å². The molecule has 0 radical (unpaired) electrons. The lowest BCUT2D eigenvalue weighted by molar-refractivity contribution is -0.137. The fraction of sp³-hybridized carbons (Fsp3) is 0.846. The third-order valence-electron chi connectivity index (χ3n) is 3.47. The molecular weight excluding hydrogens is 266 g/mol. The fourth-order valence-electron chi connectivity index (χ4n) is 2.32. The van der Waals surface area contributed by atoms with Crippen LogP contribution in [-0.2, 0) is 20.4 Å². The number of carboxylic acid groups (broad SMARTS) is 1. The minimum absolute atomic E-state index is 0.0996. The number of rotatable bonds is 5. The highest BCUT2D eigenvalue weighted by Crippen LogP contribution is 2.15. The van der Waals surface area contributed by atoms with Gasteiger partial charge in [-0.1, -0.05) is 19.8 Å². The van der Waals surface area contributed by atoms with Gasteiger partial charge >= 0.3 is 5.97 Å². The Labute approximate surface area is 116 Å². The Balaban J connectivity index is 2.59. The van der Waals surface area contributed by atoms with Gasteiger partial charge in [0, 0.05) is 29.1 Å². The maximum absolute atomic E-state index is 12.3. The molecule has 1 N–H and O–H groups in total. The molecule has 0 spiro atoms. The molecule has 3 unspecified atom stereocenters. The second-order valence-corrected chi connectivity index (χ2v) is 7.29. The lowest BCUT2D eigenvalue weighted by atomic mass is 10.2. The molecule has 1 saturated heterocycles. The van der Waals surface area contributed by atoms with Gasteiger partial charge in [-0.3, -0.25) is 13.8 Å². The van der Waals surface area contributed by atoms with Crippen molar-refractivity contribution in [3.63, 3.8) is 0 Å². The molecule has 0 aromatic rings. The normalized spacial score (nSPS) is 21.3. The van der Waals surface area contributed by atoms with E-state index in [-0.39, 0.29) is 12.3 Å². The summed E-state index contributed by atoms with van der Waals surface area (Å²) < 4.78 is 12.1. The van der Waals surface area contributed by atoms with Crippen LogP contribution in [0.4, 0.5) is 0 Å². The Bertz CT molecular complexity index is 351. The maximum atomic E-state index is 12.3. The van der Waals surface area contributed by atoms with Crippen LogP contribution in [-0.4, -0.2) is 49.7 Å². The Morgan fingerprint density at radius 2 is 1.68 bits per heavy atom. The van der Waals surface area contributed by atoms with E-state index in [4.69, 9.17) is 5.11 Å². The number of aliphatic carboxylic acids is 1. The number of likely N-dealkylation sites (tertiary alicyclic amines) is 1. The summed E-state index contributed by atoms with van der Waals surface area (Å²) in [4.78, 5) is 24.7. The predicted octanol–water partition coefficient (Wildman–Crippen LogP) is 1.39. The molecule has 3 atom stereocenters. The quantitative estimate of drug-likeness (QED) is 0.830. The standard InChI is InChI=1S/C13H23NO4S/c1-10(9-12(15)16)19(18)11(2)13(17)14-7-5-3-4-6-8-14/h10-11H,3-9H2,1-2H3,(H,15,16). The molecule has 6 heteroatoms. The van der Waals surface area contributed by atoms with Gasteiger partial charge in [0.15, 0.2) is 0 Å². The van der Waals surface area contributed by atoms with Crippen molar-refractivity contribution in [3.8, 4) is 0 Å². The van der Waals surface area contributed by atoms with Crippen molar-refractivity contribution in [2.45, 2.75) is 56.5 Å². The van der Waals surface area contributed by atoms with Crippen molar-refractivity contribution in [1.82, 2.24) is 4.90 Å². The van der Waals surface area contributed by atoms with Gasteiger partial charge in [0.1, 0.15) is 5.25 Å². The summed E-state index contributed by atoms with van der Waals surface area (Å²) in [6.45, 7) is 4.72. The van der Waals surface area contributed by atoms with E-state index in [1.165, 1.54) is 0 Å². The van der Waals surface area contributed by atoms with Crippen LogP contribution in [0.5, 0.6) is 0 Å². The smallest absolute Gasteiger partial charge is 0.304 e. The molecule has 1 amide bonds. The molecule has 0 aliphatic carbocycles. The van der Waals surface area contributed by atoms with Crippen molar-refractivity contribution in [1.29, 1.82) is 0 Å². The molecule has 19 heavy (non-hydrogen) atoms. The van der Waals surface area contributed by atoms with Crippen LogP contribution in [0.1, 0.15) is 46.0 Å². The van der Waals surface area contributed by atoms with Gasteiger partial charge in [-0.05, 0) is 19.8 Å². The second-order valence-electron chi connectivity index (χ2n) is 5.12. The highest BCUT2D eigenvalue weighted by atomic mass is 32.2. The van der Waals surface area contributed by atoms with Crippen molar-refractivity contribution in [2.24, 2.45) is 0 Å². The SMILES string of the molecule is CC(CC(=O)O)S(=O)C(C)C(=O)N1CCCCCC1. The van der Waals surface area contributed by atoms with Crippen LogP contribution in [0.3, 0.4) is 0 Å². The van der Waals surface area contributed by atoms with E-state index in [0.717, 1.165) is 38.8 Å². The summed E-state index contributed by atoms with van der Waals surface area (Å²) in [5, 5.41) is 7.59. The van der Waals surface area contributed by atoms with Crippen molar-refractivity contribution in [3.05, 3.63) is 0 Å². The van der Waals surface area contributed by atoms with E-state index in [0.29, 0.717) is 0 Å². The third-order valence-corrected chi connectivity index (χ3v) is 5.33. The molecule has 1 heterocycles. The van der Waals surface area contributed by atoms with E-state index >= 15 is 0 Å². The van der Waals surface area contributed by atoms with Crippen molar-refractivity contribution in [2.75, 3.05) is 13.1 Å². The van der Waals surface area contributed by atoms with Crippen LogP contribution in [0.25, 0.3) is 0 Å². The molecule has 0 bridgehead atoms. The zero-order valence-electron chi connectivity index (χ0n) is 11.6. The Morgan fingerprint density at radius 1 is 1.16 bits per heavy atom. The molecule has 0 aromatic carbocycles. The number of carboxylic acids is 1. The Hall–Kier alpha value is -0.910. The first-order valence-electron chi connectivity index (χ1n) is 6.83. The first kappa shape index (κ1) is 16.1. The minimum Gasteiger partial charge on any atom is -0.481 e. The zero-order chi connectivity index (χ0) is 14.4. The number of carbonyl (C=O) groups is 2. The fourth-order valence-corrected chi connectivity index (χ4v) is 3.68. The average molecular weight is 289 g/mol. The summed E-state index contributed by atoms with van der Waals surface area (Å²) in [5.41, 5.74) is 0. The highest BCUT2D eigenvalue weighted by molar-refractivity contribution is 7.87. The van der Waals surface area contributed by atoms with E-state index in [2.05, 4.69) is 0 Å². The average Bonchev–Trinajstić information content (AvgIpc) is 2.64. The zero-order valence-corrected chi connectivity index (χ0v) is 12.4. The third kappa shape index (κ3) is 4.93. The molecule has 110 valence electrons. The van der Waals surface area contributed by atoms with Crippen LogP contribution in [0.2, 0.25) is 0 Å². The van der Waals surface area contributed by atoms with Gasteiger partial charge in [-0.2, -0.15) is 0 Å². The van der Waals surface area contributed by atoms with Gasteiger partial charge in [0.05, 0.1) is 6.42 Å². The number of hydrogen-bond acceptors (Lipinski definition) is 3. The highest BCUT2D eigenvalue weighted by Gasteiger charge is 2.29. The molecule has 0 saturated carbocycles. The number of carbonyl (C=O) groups excluding carboxylic acids is 1. The van der Waals surface area contributed by atoms with Crippen molar-refractivity contribution < 1.29 is 18.9 Å². The first-order chi connectivity index (χ1) is 8.93. The molecule has 0 aromatic heterocycles. The van der Waals surface area contributed by atoms with Crippen LogP contribution >= 0.6 is 0 Å². The molecule has 5 nitrogen and oxygen atoms in total. The van der Waals surface area contributed by atoms with Crippen molar-refractivity contribution >= 4 is 22.7 Å². The summed E-state index contributed by atoms with van der Waals surface area (Å²) in [6.07, 6.45) is 4.10. The monoisotopic (exact) mass is 289 g/mol. The molecular formula is C13H23NO4S. The summed E-state index contributed by atoms with van der Waals surface area (Å²) in [7, 11) is -1.44. The van der Waals surface area contributed by atoms with Crippen LogP contribution < -0.4 is 0 Å². The summed E-state index contributed by atoms with van der Waals surface area (Å²) in [6, 6.07) is 0. The first-order valence-corrected chi connectivity index (χ1v) is 8.11. The number of nitrogens with zero attached hydrogens (tertiary/aromatic N) is 1. The van der Waals surface area contributed by atoms with Gasteiger partial charge in [-0.25, -0.2) is 0 Å². The minimum atomic E-state index is -1.44. The second kappa shape index (κ2) is 7.62. The largest absolute Gasteiger partial charge is 0.481 e. The van der Waals surface area contributed by atoms with Gasteiger partial charge in [-0.15, -0.1) is 0 Å². The van der Waals surface area contributed by atoms with E-state index in [1.807, 2.05) is 0 Å². The number of hydrogen-bond donors (Lipinski definition) is 1. The molecule has 1 aliphatic rings. The van der Waals surface area contributed by atoms with E-state index < -0.39 is 27.3 Å². The predicted molar refractivity (Wildman–Crippen MR) is 74.4 cm³/mol. The topological polar surface area (TPSA) is 74.7 Å². The lowest BCUT2D eigenvalue weighted by Crippen LogP contribution is -2.42. The van der Waals surface area contributed by atoms with Crippen LogP contribution in [0.15, 0.2) is 0 Å². The molecule has 1 rings (SSSR count). The lowest BCUT2D eigenvalue weighted by Gasteiger charge is -2.25. The maximum Gasteiger partial charge on any atom is 0.304 e. The molecule has 1 aliphatic heterocycles. The summed E-state index contributed by atoms with van der Waals surface area (Å²) in [5.74, 6) is -1.08.